The van der Waals surface area contributed by atoms with Crippen molar-refractivity contribution in [2.45, 2.75) is 23.5 Å². The summed E-state index contributed by atoms with van der Waals surface area (Å²) < 4.78 is 11.7. The first-order valence-corrected chi connectivity index (χ1v) is 6.30. The number of aromatic amines is 1. The van der Waals surface area contributed by atoms with Crippen LogP contribution in [0.2, 0.25) is 0 Å². The molecule has 0 aliphatic heterocycles. The minimum absolute atomic E-state index is 0.0981. The maximum atomic E-state index is 12.3. The number of aliphatic hydroxyl groups excluding tert-OH is 1. The van der Waals surface area contributed by atoms with E-state index in [-0.39, 0.29) is 6.61 Å². The van der Waals surface area contributed by atoms with E-state index in [1.165, 1.54) is 0 Å². The van der Waals surface area contributed by atoms with Crippen molar-refractivity contribution in [1.82, 2.24) is 4.98 Å². The van der Waals surface area contributed by atoms with Gasteiger partial charge in [0.1, 0.15) is 0 Å². The first kappa shape index (κ1) is 11.4. The molecule has 0 saturated heterocycles. The Labute approximate surface area is 97.0 Å². The molecule has 0 fully saturated rings. The van der Waals surface area contributed by atoms with Crippen molar-refractivity contribution in [2.75, 3.05) is 6.61 Å². The summed E-state index contributed by atoms with van der Waals surface area (Å²) in [4.78, 5) is 3.85. The normalized spacial score (nSPS) is 14.2. The fourth-order valence-corrected chi connectivity index (χ4v) is 2.81. The van der Waals surface area contributed by atoms with Gasteiger partial charge in [0, 0.05) is 17.1 Å². The van der Waals surface area contributed by atoms with Crippen molar-refractivity contribution < 1.29 is 9.32 Å². The monoisotopic (exact) mass is 237 g/mol. The van der Waals surface area contributed by atoms with E-state index in [4.69, 9.17) is 0 Å². The molecule has 4 heteroatoms. The van der Waals surface area contributed by atoms with Crippen molar-refractivity contribution in [3.63, 3.8) is 0 Å². The molecule has 86 valence electrons. The molecule has 0 aliphatic carbocycles. The molecule has 0 spiro atoms. The van der Waals surface area contributed by atoms with Gasteiger partial charge in [0.05, 0.1) is 27.0 Å². The van der Waals surface area contributed by atoms with Gasteiger partial charge in [-0.05, 0) is 19.9 Å². The molecule has 0 saturated carbocycles. The molecule has 3 nitrogen and oxygen atoms in total. The highest BCUT2D eigenvalue weighted by Crippen LogP contribution is 2.27. The molecule has 16 heavy (non-hydrogen) atoms. The average molecular weight is 237 g/mol. The Morgan fingerprint density at radius 2 is 2.06 bits per heavy atom. The zero-order valence-electron chi connectivity index (χ0n) is 9.36. The maximum absolute atomic E-state index is 12.3. The Kier molecular flexibility index (Phi) is 2.86. The number of benzene rings is 1. The molecule has 0 amide bonds. The molecular weight excluding hydrogens is 222 g/mol. The number of para-hydroxylation sites is 1. The second kappa shape index (κ2) is 4.03. The Hall–Kier alpha value is -1.13. The summed E-state index contributed by atoms with van der Waals surface area (Å²) in [6.45, 7) is 3.49. The van der Waals surface area contributed by atoms with Crippen LogP contribution in [0, 0.1) is 0 Å². The van der Waals surface area contributed by atoms with Gasteiger partial charge >= 0.3 is 0 Å². The Morgan fingerprint density at radius 3 is 2.75 bits per heavy atom. The Bertz CT molecular complexity index is 531. The summed E-state index contributed by atoms with van der Waals surface area (Å²) in [5.74, 6) is 0. The fourth-order valence-electron chi connectivity index (χ4n) is 1.55. The lowest BCUT2D eigenvalue weighted by Crippen LogP contribution is -2.30. The summed E-state index contributed by atoms with van der Waals surface area (Å²) in [5, 5.41) is 10.2. The highest BCUT2D eigenvalue weighted by molar-refractivity contribution is 7.86. The van der Waals surface area contributed by atoms with E-state index in [0.29, 0.717) is 0 Å². The molecule has 1 aromatic carbocycles. The Morgan fingerprint density at radius 1 is 1.38 bits per heavy atom. The van der Waals surface area contributed by atoms with Gasteiger partial charge < -0.3 is 10.1 Å². The second-order valence-electron chi connectivity index (χ2n) is 4.39. The molecule has 1 unspecified atom stereocenters. The van der Waals surface area contributed by atoms with Gasteiger partial charge in [-0.1, -0.05) is 18.2 Å². The molecule has 1 heterocycles. The van der Waals surface area contributed by atoms with Crippen LogP contribution in [0.5, 0.6) is 0 Å². The van der Waals surface area contributed by atoms with Crippen LogP contribution in [0.1, 0.15) is 13.8 Å². The third-order valence-corrected chi connectivity index (χ3v) is 4.50. The first-order valence-electron chi connectivity index (χ1n) is 5.15. The van der Waals surface area contributed by atoms with E-state index in [2.05, 4.69) is 4.98 Å². The largest absolute Gasteiger partial charge is 0.395 e. The van der Waals surface area contributed by atoms with Gasteiger partial charge in [-0.25, -0.2) is 0 Å². The number of hydrogen-bond donors (Lipinski definition) is 2. The van der Waals surface area contributed by atoms with Crippen LogP contribution in [0.3, 0.4) is 0 Å². The van der Waals surface area contributed by atoms with E-state index in [1.54, 1.807) is 20.0 Å². The predicted octanol–water partition coefficient (Wildman–Crippen LogP) is 2.05. The zero-order chi connectivity index (χ0) is 11.8. The SMILES string of the molecule is CC(C)(CO)S(=O)c1c[nH]c2ccccc12. The molecule has 0 aliphatic rings. The second-order valence-corrected chi connectivity index (χ2v) is 6.47. The van der Waals surface area contributed by atoms with E-state index in [0.717, 1.165) is 15.8 Å². The van der Waals surface area contributed by atoms with Crippen LogP contribution in [-0.2, 0) is 10.8 Å². The van der Waals surface area contributed by atoms with Crippen molar-refractivity contribution >= 4 is 21.7 Å². The van der Waals surface area contributed by atoms with Crippen molar-refractivity contribution in [2.24, 2.45) is 0 Å². The zero-order valence-corrected chi connectivity index (χ0v) is 10.2. The maximum Gasteiger partial charge on any atom is 0.0680 e. The lowest BCUT2D eigenvalue weighted by molar-refractivity contribution is 0.262. The minimum Gasteiger partial charge on any atom is -0.395 e. The number of aromatic nitrogens is 1. The van der Waals surface area contributed by atoms with Gasteiger partial charge in [0.25, 0.3) is 0 Å². The van der Waals surface area contributed by atoms with Crippen LogP contribution in [0.25, 0.3) is 10.9 Å². The molecule has 2 N–H and O–H groups in total. The average Bonchev–Trinajstić information content (AvgIpc) is 2.71. The van der Waals surface area contributed by atoms with Crippen LogP contribution < -0.4 is 0 Å². The van der Waals surface area contributed by atoms with E-state index < -0.39 is 15.5 Å². The summed E-state index contributed by atoms with van der Waals surface area (Å²) in [7, 11) is -1.22. The van der Waals surface area contributed by atoms with E-state index >= 15 is 0 Å². The lowest BCUT2D eigenvalue weighted by Gasteiger charge is -2.20. The van der Waals surface area contributed by atoms with Gasteiger partial charge in [-0.2, -0.15) is 0 Å². The summed E-state index contributed by atoms with van der Waals surface area (Å²) in [6.07, 6.45) is 1.76. The molecule has 0 radical (unpaired) electrons. The molecule has 2 rings (SSSR count). The predicted molar refractivity (Wildman–Crippen MR) is 65.9 cm³/mol. The molecule has 1 atom stereocenters. The first-order chi connectivity index (χ1) is 7.56. The molecule has 2 aromatic rings. The molecule has 1 aromatic heterocycles. The fraction of sp³-hybridized carbons (Fsp3) is 0.333. The number of nitrogens with one attached hydrogen (secondary N) is 1. The summed E-state index contributed by atoms with van der Waals surface area (Å²) in [6, 6.07) is 7.74. The molecule has 0 bridgehead atoms. The smallest absolute Gasteiger partial charge is 0.0680 e. The third-order valence-electron chi connectivity index (χ3n) is 2.63. The van der Waals surface area contributed by atoms with Crippen LogP contribution in [-0.4, -0.2) is 25.7 Å². The van der Waals surface area contributed by atoms with Crippen molar-refractivity contribution in [3.05, 3.63) is 30.5 Å². The highest BCUT2D eigenvalue weighted by Gasteiger charge is 2.28. The van der Waals surface area contributed by atoms with Gasteiger partial charge in [0.2, 0.25) is 0 Å². The number of aliphatic hydroxyl groups is 1. The van der Waals surface area contributed by atoms with Crippen LogP contribution >= 0.6 is 0 Å². The lowest BCUT2D eigenvalue weighted by atomic mass is 10.2. The number of fused-ring (bicyclic) bond motifs is 1. The van der Waals surface area contributed by atoms with E-state index in [1.807, 2.05) is 24.3 Å². The third kappa shape index (κ3) is 1.79. The van der Waals surface area contributed by atoms with E-state index in [9.17, 15) is 9.32 Å². The Balaban J connectivity index is 2.52. The van der Waals surface area contributed by atoms with Gasteiger partial charge in [0.15, 0.2) is 0 Å². The van der Waals surface area contributed by atoms with Crippen LogP contribution in [0.4, 0.5) is 0 Å². The van der Waals surface area contributed by atoms with Crippen LogP contribution in [0.15, 0.2) is 35.4 Å². The minimum atomic E-state index is -1.22. The summed E-state index contributed by atoms with van der Waals surface area (Å²) >= 11 is 0. The highest BCUT2D eigenvalue weighted by atomic mass is 32.2. The molecular formula is C12H15NO2S. The van der Waals surface area contributed by atoms with Gasteiger partial charge in [-0.3, -0.25) is 4.21 Å². The standard InChI is InChI=1S/C12H15NO2S/c1-12(2,8-14)16(15)11-7-13-10-6-4-3-5-9(10)11/h3-7,13-14H,8H2,1-2H3. The van der Waals surface area contributed by atoms with Crippen molar-refractivity contribution in [1.29, 1.82) is 0 Å². The number of rotatable bonds is 3. The number of hydrogen-bond acceptors (Lipinski definition) is 2. The quantitative estimate of drug-likeness (QED) is 0.858. The van der Waals surface area contributed by atoms with Crippen molar-refractivity contribution in [3.8, 4) is 0 Å². The number of H-pyrrole nitrogens is 1. The topological polar surface area (TPSA) is 53.1 Å². The summed E-state index contributed by atoms with van der Waals surface area (Å²) in [5.41, 5.74) is 0.972. The van der Waals surface area contributed by atoms with Gasteiger partial charge in [-0.15, -0.1) is 0 Å².